The molecule has 0 bridgehead atoms. The molecule has 0 aliphatic carbocycles. The molecule has 3 nitrogen and oxygen atoms in total. The van der Waals surface area contributed by atoms with Crippen LogP contribution in [0.2, 0.25) is 0 Å². The van der Waals surface area contributed by atoms with E-state index in [2.05, 4.69) is 58.2 Å². The molecule has 1 fully saturated rings. The summed E-state index contributed by atoms with van der Waals surface area (Å²) in [7, 11) is 0. The monoisotopic (exact) mass is 301 g/mol. The third kappa shape index (κ3) is 4.05. The smallest absolute Gasteiger partial charge is 0.0415 e. The minimum Gasteiger partial charge on any atom is -0.381 e. The molecule has 112 valence electrons. The van der Waals surface area contributed by atoms with Gasteiger partial charge in [-0.3, -0.25) is 4.90 Å². The minimum atomic E-state index is 0.869. The van der Waals surface area contributed by atoms with Crippen LogP contribution < -0.4 is 5.32 Å². The molecule has 1 aliphatic rings. The van der Waals surface area contributed by atoms with E-state index in [9.17, 15) is 0 Å². The van der Waals surface area contributed by atoms with Crippen LogP contribution in [0, 0.1) is 6.92 Å². The number of H-pyrrole nitrogens is 1. The van der Waals surface area contributed by atoms with Gasteiger partial charge in [0, 0.05) is 55.8 Å². The Balaban J connectivity index is 1.64. The molecule has 0 unspecified atom stereocenters. The lowest BCUT2D eigenvalue weighted by Gasteiger charge is -2.26. The maximum atomic E-state index is 3.55. The van der Waals surface area contributed by atoms with Gasteiger partial charge in [-0.2, -0.15) is 11.8 Å². The number of nitrogens with one attached hydrogen (secondary N) is 2. The number of aromatic amines is 1. The van der Waals surface area contributed by atoms with Gasteiger partial charge in [-0.25, -0.2) is 0 Å². The predicted molar refractivity (Wildman–Crippen MR) is 91.9 cm³/mol. The van der Waals surface area contributed by atoms with Gasteiger partial charge in [0.25, 0.3) is 0 Å². The average Bonchev–Trinajstić information content (AvgIpc) is 3.02. The third-order valence-corrected chi connectivity index (χ3v) is 4.90. The quantitative estimate of drug-likeness (QED) is 0.886. The molecule has 21 heavy (non-hydrogen) atoms. The number of hydrogen-bond acceptors (Lipinski definition) is 3. The zero-order valence-electron chi connectivity index (χ0n) is 12.6. The number of aryl methyl sites for hydroxylation is 1. The van der Waals surface area contributed by atoms with Crippen molar-refractivity contribution in [3.8, 4) is 0 Å². The van der Waals surface area contributed by atoms with E-state index in [-0.39, 0.29) is 0 Å². The van der Waals surface area contributed by atoms with Crippen molar-refractivity contribution in [1.82, 2.24) is 9.88 Å². The second-order valence-corrected chi connectivity index (χ2v) is 6.84. The highest BCUT2D eigenvalue weighted by atomic mass is 32.2. The summed E-state index contributed by atoms with van der Waals surface area (Å²) < 4.78 is 0. The number of hydrogen-bond donors (Lipinski definition) is 2. The maximum Gasteiger partial charge on any atom is 0.0415 e. The minimum absolute atomic E-state index is 0.869. The highest BCUT2D eigenvalue weighted by Gasteiger charge is 2.11. The first-order chi connectivity index (χ1) is 10.3. The molecule has 4 heteroatoms. The first-order valence-electron chi connectivity index (χ1n) is 7.56. The van der Waals surface area contributed by atoms with Crippen molar-refractivity contribution in [2.24, 2.45) is 0 Å². The lowest BCUT2D eigenvalue weighted by molar-refractivity contribution is 0.294. The Kier molecular flexibility index (Phi) is 4.88. The highest BCUT2D eigenvalue weighted by Crippen LogP contribution is 2.20. The van der Waals surface area contributed by atoms with Gasteiger partial charge in [-0.15, -0.1) is 0 Å². The van der Waals surface area contributed by atoms with Crippen LogP contribution in [0.5, 0.6) is 0 Å². The van der Waals surface area contributed by atoms with Gasteiger partial charge in [-0.05, 0) is 35.7 Å². The van der Waals surface area contributed by atoms with Gasteiger partial charge in [0.05, 0.1) is 0 Å². The molecule has 2 N–H and O–H groups in total. The van der Waals surface area contributed by atoms with Crippen LogP contribution in [0.25, 0.3) is 0 Å². The first kappa shape index (κ1) is 14.5. The number of nitrogens with zero attached hydrogens (tertiary/aromatic N) is 1. The largest absolute Gasteiger partial charge is 0.381 e. The van der Waals surface area contributed by atoms with E-state index in [0.717, 1.165) is 13.1 Å². The Morgan fingerprint density at radius 1 is 1.19 bits per heavy atom. The molecule has 0 spiro atoms. The van der Waals surface area contributed by atoms with E-state index in [1.807, 2.05) is 12.4 Å². The SMILES string of the molecule is Cc1ccc(CN2CCSCC2)cc1NCc1cc[nH]c1. The Labute approximate surface area is 131 Å². The molecular formula is C17H23N3S. The summed E-state index contributed by atoms with van der Waals surface area (Å²) in [4.78, 5) is 5.65. The van der Waals surface area contributed by atoms with Gasteiger partial charge in [0.1, 0.15) is 0 Å². The van der Waals surface area contributed by atoms with E-state index < -0.39 is 0 Å². The molecule has 0 saturated carbocycles. The molecule has 0 amide bonds. The van der Waals surface area contributed by atoms with Crippen molar-refractivity contribution in [3.63, 3.8) is 0 Å². The summed E-state index contributed by atoms with van der Waals surface area (Å²) in [5.74, 6) is 2.54. The Bertz CT molecular complexity index is 559. The summed E-state index contributed by atoms with van der Waals surface area (Å²) in [6, 6.07) is 8.91. The van der Waals surface area contributed by atoms with E-state index in [4.69, 9.17) is 0 Å². The third-order valence-electron chi connectivity index (χ3n) is 3.96. The standard InChI is InChI=1S/C17H23N3S/c1-14-2-3-15(13-20-6-8-21-9-7-20)10-17(14)19-12-16-4-5-18-11-16/h2-5,10-11,18-19H,6-9,12-13H2,1H3. The number of benzene rings is 1. The van der Waals surface area contributed by atoms with Crippen LogP contribution in [0.3, 0.4) is 0 Å². The Morgan fingerprint density at radius 2 is 2.05 bits per heavy atom. The topological polar surface area (TPSA) is 31.1 Å². The molecule has 1 aromatic carbocycles. The zero-order valence-corrected chi connectivity index (χ0v) is 13.4. The normalized spacial score (nSPS) is 16.0. The fraction of sp³-hybridized carbons (Fsp3) is 0.412. The second-order valence-electron chi connectivity index (χ2n) is 5.61. The van der Waals surface area contributed by atoms with Crippen LogP contribution in [0.4, 0.5) is 5.69 Å². The molecule has 3 rings (SSSR count). The fourth-order valence-electron chi connectivity index (χ4n) is 2.64. The maximum absolute atomic E-state index is 3.55. The molecule has 1 aliphatic heterocycles. The Morgan fingerprint density at radius 3 is 2.81 bits per heavy atom. The van der Waals surface area contributed by atoms with Crippen LogP contribution in [0.15, 0.2) is 36.7 Å². The number of thioether (sulfide) groups is 1. The zero-order chi connectivity index (χ0) is 14.5. The Hall–Kier alpha value is -1.39. The van der Waals surface area contributed by atoms with Crippen molar-refractivity contribution >= 4 is 17.4 Å². The van der Waals surface area contributed by atoms with Crippen molar-refractivity contribution in [2.45, 2.75) is 20.0 Å². The fourth-order valence-corrected chi connectivity index (χ4v) is 3.62. The number of rotatable bonds is 5. The first-order valence-corrected chi connectivity index (χ1v) is 8.72. The van der Waals surface area contributed by atoms with E-state index in [0.29, 0.717) is 0 Å². The second kappa shape index (κ2) is 7.05. The van der Waals surface area contributed by atoms with Crippen molar-refractivity contribution in [1.29, 1.82) is 0 Å². The summed E-state index contributed by atoms with van der Waals surface area (Å²) in [5, 5.41) is 3.55. The van der Waals surface area contributed by atoms with Crippen LogP contribution in [0.1, 0.15) is 16.7 Å². The van der Waals surface area contributed by atoms with Gasteiger partial charge in [0.15, 0.2) is 0 Å². The molecule has 0 atom stereocenters. The average molecular weight is 301 g/mol. The lowest BCUT2D eigenvalue weighted by atomic mass is 10.1. The van der Waals surface area contributed by atoms with Crippen LogP contribution in [-0.2, 0) is 13.1 Å². The van der Waals surface area contributed by atoms with Crippen molar-refractivity contribution < 1.29 is 0 Å². The molecule has 1 aromatic heterocycles. The lowest BCUT2D eigenvalue weighted by Crippen LogP contribution is -2.31. The van der Waals surface area contributed by atoms with E-state index in [1.54, 1.807) is 0 Å². The van der Waals surface area contributed by atoms with Crippen LogP contribution in [-0.4, -0.2) is 34.5 Å². The van der Waals surface area contributed by atoms with Gasteiger partial charge in [0.2, 0.25) is 0 Å². The highest BCUT2D eigenvalue weighted by molar-refractivity contribution is 7.99. The molecule has 0 radical (unpaired) electrons. The summed E-state index contributed by atoms with van der Waals surface area (Å²) in [6.45, 7) is 6.53. The molecule has 2 aromatic rings. The molecule has 1 saturated heterocycles. The van der Waals surface area contributed by atoms with Crippen molar-refractivity contribution in [3.05, 3.63) is 53.3 Å². The van der Waals surface area contributed by atoms with E-state index in [1.165, 1.54) is 47.0 Å². The number of anilines is 1. The van der Waals surface area contributed by atoms with Gasteiger partial charge < -0.3 is 10.3 Å². The van der Waals surface area contributed by atoms with E-state index >= 15 is 0 Å². The van der Waals surface area contributed by atoms with Gasteiger partial charge in [-0.1, -0.05) is 12.1 Å². The number of aromatic nitrogens is 1. The van der Waals surface area contributed by atoms with Crippen LogP contribution >= 0.6 is 11.8 Å². The predicted octanol–water partition coefficient (Wildman–Crippen LogP) is 3.48. The summed E-state index contributed by atoms with van der Waals surface area (Å²) in [6.07, 6.45) is 4.01. The van der Waals surface area contributed by atoms with Gasteiger partial charge >= 0.3 is 0 Å². The van der Waals surface area contributed by atoms with Crippen molar-refractivity contribution in [2.75, 3.05) is 29.9 Å². The molecule has 2 heterocycles. The molecular weight excluding hydrogens is 278 g/mol. The summed E-state index contributed by atoms with van der Waals surface area (Å²) in [5.41, 5.74) is 5.25. The summed E-state index contributed by atoms with van der Waals surface area (Å²) >= 11 is 2.06.